The highest BCUT2D eigenvalue weighted by Gasteiger charge is 2.19. The lowest BCUT2D eigenvalue weighted by Crippen LogP contribution is -2.19. The first kappa shape index (κ1) is 15.1. The summed E-state index contributed by atoms with van der Waals surface area (Å²) in [6.45, 7) is 0. The summed E-state index contributed by atoms with van der Waals surface area (Å²) in [6, 6.07) is 20.3. The van der Waals surface area contributed by atoms with Crippen LogP contribution in [-0.4, -0.2) is 21.8 Å². The number of thioether (sulfide) groups is 1. The summed E-state index contributed by atoms with van der Waals surface area (Å²) in [5, 5.41) is 4.02. The molecule has 0 saturated carbocycles. The zero-order valence-electron chi connectivity index (χ0n) is 12.6. The molecule has 4 rings (SSSR count). The molecule has 1 aliphatic heterocycles. The van der Waals surface area contributed by atoms with Gasteiger partial charge in [0.05, 0.1) is 16.3 Å². The van der Waals surface area contributed by atoms with E-state index >= 15 is 0 Å². The minimum atomic E-state index is -0.0122. The number of amides is 1. The standard InChI is InChI=1S/C18H13N3OS2/c22-14-11-23-17(19-14)21-18-20-15(12-7-3-1-4-8-12)16(24-18)13-9-5-2-6-10-13/h1-10H,11H2,(H,19,20,21,22). The number of amidine groups is 1. The van der Waals surface area contributed by atoms with Gasteiger partial charge in [-0.15, -0.1) is 0 Å². The summed E-state index contributed by atoms with van der Waals surface area (Å²) < 4.78 is 0. The molecule has 0 unspecified atom stereocenters. The first-order valence-corrected chi connectivity index (χ1v) is 9.23. The van der Waals surface area contributed by atoms with Crippen molar-refractivity contribution in [3.05, 3.63) is 60.7 Å². The Hall–Kier alpha value is -2.44. The molecule has 2 aromatic carbocycles. The van der Waals surface area contributed by atoms with Crippen molar-refractivity contribution in [1.82, 2.24) is 10.3 Å². The van der Waals surface area contributed by atoms with Gasteiger partial charge in [0.2, 0.25) is 11.0 Å². The van der Waals surface area contributed by atoms with Crippen LogP contribution in [0.5, 0.6) is 0 Å². The number of nitrogens with zero attached hydrogens (tertiary/aromatic N) is 2. The maximum atomic E-state index is 11.3. The van der Waals surface area contributed by atoms with E-state index in [0.29, 0.717) is 16.1 Å². The largest absolute Gasteiger partial charge is 0.304 e. The minimum absolute atomic E-state index is 0.0122. The molecule has 2 heterocycles. The number of hydrogen-bond donors (Lipinski definition) is 1. The predicted molar refractivity (Wildman–Crippen MR) is 101 cm³/mol. The number of thiazole rings is 1. The fourth-order valence-electron chi connectivity index (χ4n) is 2.41. The average Bonchev–Trinajstić information content (AvgIpc) is 3.23. The van der Waals surface area contributed by atoms with Gasteiger partial charge in [-0.3, -0.25) is 4.79 Å². The van der Waals surface area contributed by atoms with E-state index in [0.717, 1.165) is 21.7 Å². The predicted octanol–water partition coefficient (Wildman–Crippen LogP) is 4.33. The molecule has 0 atom stereocenters. The number of carbonyl (C=O) groups excluding carboxylic acids is 1. The summed E-state index contributed by atoms with van der Waals surface area (Å²) in [7, 11) is 0. The third kappa shape index (κ3) is 3.11. The number of nitrogens with one attached hydrogen (secondary N) is 1. The van der Waals surface area contributed by atoms with Crippen molar-refractivity contribution in [3.8, 4) is 21.7 Å². The molecule has 4 nitrogen and oxygen atoms in total. The van der Waals surface area contributed by atoms with E-state index < -0.39 is 0 Å². The van der Waals surface area contributed by atoms with E-state index in [1.807, 2.05) is 48.5 Å². The van der Waals surface area contributed by atoms with Crippen LogP contribution in [0.3, 0.4) is 0 Å². The van der Waals surface area contributed by atoms with E-state index in [1.54, 1.807) is 0 Å². The molecular formula is C18H13N3OS2. The molecule has 1 aromatic heterocycles. The lowest BCUT2D eigenvalue weighted by molar-refractivity contribution is -0.116. The number of benzene rings is 2. The fourth-order valence-corrected chi connectivity index (χ4v) is 4.11. The monoisotopic (exact) mass is 351 g/mol. The average molecular weight is 351 g/mol. The highest BCUT2D eigenvalue weighted by atomic mass is 32.2. The molecule has 1 aliphatic rings. The summed E-state index contributed by atoms with van der Waals surface area (Å²) in [6.07, 6.45) is 0. The molecule has 1 amide bonds. The first-order valence-electron chi connectivity index (χ1n) is 7.42. The number of aromatic nitrogens is 1. The molecular weight excluding hydrogens is 338 g/mol. The summed E-state index contributed by atoms with van der Waals surface area (Å²) in [5.41, 5.74) is 3.09. The topological polar surface area (TPSA) is 54.4 Å². The second kappa shape index (κ2) is 6.59. The van der Waals surface area contributed by atoms with Crippen LogP contribution in [0.2, 0.25) is 0 Å². The van der Waals surface area contributed by atoms with Gasteiger partial charge in [0.1, 0.15) is 0 Å². The van der Waals surface area contributed by atoms with Crippen molar-refractivity contribution in [1.29, 1.82) is 0 Å². The molecule has 0 radical (unpaired) electrons. The zero-order chi connectivity index (χ0) is 16.4. The SMILES string of the molecule is O=C1CSC(=Nc2nc(-c3ccccc3)c(-c3ccccc3)s2)N1. The Balaban J connectivity index is 1.81. The van der Waals surface area contributed by atoms with Gasteiger partial charge in [-0.05, 0) is 5.56 Å². The van der Waals surface area contributed by atoms with Gasteiger partial charge in [0, 0.05) is 5.56 Å². The maximum Gasteiger partial charge on any atom is 0.236 e. The molecule has 0 spiro atoms. The van der Waals surface area contributed by atoms with Crippen molar-refractivity contribution < 1.29 is 4.79 Å². The Morgan fingerprint density at radius 2 is 1.62 bits per heavy atom. The molecule has 3 aromatic rings. The number of rotatable bonds is 3. The van der Waals surface area contributed by atoms with Crippen LogP contribution < -0.4 is 5.32 Å². The van der Waals surface area contributed by atoms with Gasteiger partial charge in [-0.1, -0.05) is 83.8 Å². The molecule has 24 heavy (non-hydrogen) atoms. The second-order valence-electron chi connectivity index (χ2n) is 5.16. The third-order valence-corrected chi connectivity index (χ3v) is 5.35. The van der Waals surface area contributed by atoms with Gasteiger partial charge in [-0.2, -0.15) is 4.99 Å². The van der Waals surface area contributed by atoms with E-state index in [-0.39, 0.29) is 5.91 Å². The van der Waals surface area contributed by atoms with Gasteiger partial charge >= 0.3 is 0 Å². The minimum Gasteiger partial charge on any atom is -0.304 e. The smallest absolute Gasteiger partial charge is 0.236 e. The van der Waals surface area contributed by atoms with Crippen molar-refractivity contribution >= 4 is 39.3 Å². The van der Waals surface area contributed by atoms with Gasteiger partial charge < -0.3 is 5.32 Å². The first-order chi connectivity index (χ1) is 11.8. The summed E-state index contributed by atoms with van der Waals surface area (Å²) >= 11 is 2.94. The molecule has 0 bridgehead atoms. The van der Waals surface area contributed by atoms with Crippen molar-refractivity contribution in [3.63, 3.8) is 0 Å². The Kier molecular flexibility index (Phi) is 4.15. The quantitative estimate of drug-likeness (QED) is 0.764. The van der Waals surface area contributed by atoms with Gasteiger partial charge in [0.25, 0.3) is 0 Å². The lowest BCUT2D eigenvalue weighted by atomic mass is 10.1. The van der Waals surface area contributed by atoms with E-state index in [9.17, 15) is 4.79 Å². The van der Waals surface area contributed by atoms with Crippen molar-refractivity contribution in [2.45, 2.75) is 0 Å². The van der Waals surface area contributed by atoms with E-state index in [1.165, 1.54) is 23.1 Å². The number of aliphatic imine (C=N–C) groups is 1. The zero-order valence-corrected chi connectivity index (χ0v) is 14.2. The highest BCUT2D eigenvalue weighted by Crippen LogP contribution is 2.40. The third-order valence-electron chi connectivity index (χ3n) is 3.48. The Morgan fingerprint density at radius 3 is 2.25 bits per heavy atom. The van der Waals surface area contributed by atoms with Crippen LogP contribution >= 0.6 is 23.1 Å². The van der Waals surface area contributed by atoms with E-state index in [2.05, 4.69) is 22.4 Å². The van der Waals surface area contributed by atoms with Crippen LogP contribution in [0.15, 0.2) is 65.7 Å². The van der Waals surface area contributed by atoms with Crippen LogP contribution in [0.4, 0.5) is 5.13 Å². The normalized spacial score (nSPS) is 15.7. The summed E-state index contributed by atoms with van der Waals surface area (Å²) in [5.74, 6) is 0.406. The van der Waals surface area contributed by atoms with Crippen LogP contribution in [0.1, 0.15) is 0 Å². The van der Waals surface area contributed by atoms with Gasteiger partial charge in [-0.25, -0.2) is 4.98 Å². The van der Waals surface area contributed by atoms with Gasteiger partial charge in [0.15, 0.2) is 5.17 Å². The Bertz CT molecular complexity index is 848. The van der Waals surface area contributed by atoms with Crippen LogP contribution in [-0.2, 0) is 4.79 Å². The molecule has 1 N–H and O–H groups in total. The molecule has 6 heteroatoms. The second-order valence-corrected chi connectivity index (χ2v) is 7.10. The number of carbonyl (C=O) groups is 1. The maximum absolute atomic E-state index is 11.3. The molecule has 1 saturated heterocycles. The Morgan fingerprint density at radius 1 is 0.958 bits per heavy atom. The lowest BCUT2D eigenvalue weighted by Gasteiger charge is -2.02. The number of hydrogen-bond acceptors (Lipinski definition) is 5. The Labute approximate surface area is 147 Å². The molecule has 0 aliphatic carbocycles. The summed E-state index contributed by atoms with van der Waals surface area (Å²) in [4.78, 5) is 21.6. The molecule has 1 fully saturated rings. The van der Waals surface area contributed by atoms with Crippen LogP contribution in [0, 0.1) is 0 Å². The van der Waals surface area contributed by atoms with E-state index in [4.69, 9.17) is 4.98 Å². The molecule has 118 valence electrons. The fraction of sp³-hybridized carbons (Fsp3) is 0.0556. The highest BCUT2D eigenvalue weighted by molar-refractivity contribution is 8.15. The van der Waals surface area contributed by atoms with Crippen molar-refractivity contribution in [2.75, 3.05) is 5.75 Å². The van der Waals surface area contributed by atoms with Crippen LogP contribution in [0.25, 0.3) is 21.7 Å². The van der Waals surface area contributed by atoms with Crippen molar-refractivity contribution in [2.24, 2.45) is 4.99 Å².